The van der Waals surface area contributed by atoms with Crippen LogP contribution in [0.3, 0.4) is 0 Å². The van der Waals surface area contributed by atoms with Crippen molar-refractivity contribution in [2.45, 2.75) is 26.3 Å². The molecular formula is C9H10N4. The number of nitrogens with zero attached hydrogens (tertiary/aromatic N) is 3. The van der Waals surface area contributed by atoms with Gasteiger partial charge in [-0.05, 0) is 20.8 Å². The molecule has 0 aromatic rings. The molecule has 0 amide bonds. The third-order valence-electron chi connectivity index (χ3n) is 1.09. The largest absolute Gasteiger partial charge is 0.370 e. The summed E-state index contributed by atoms with van der Waals surface area (Å²) in [5.74, 6) is 0. The first-order chi connectivity index (χ1) is 5.94. The van der Waals surface area contributed by atoms with Crippen LogP contribution < -0.4 is 5.32 Å². The molecule has 4 nitrogen and oxygen atoms in total. The summed E-state index contributed by atoms with van der Waals surface area (Å²) < 4.78 is 0. The number of hydrogen-bond acceptors (Lipinski definition) is 4. The van der Waals surface area contributed by atoms with E-state index in [-0.39, 0.29) is 16.8 Å². The minimum absolute atomic E-state index is 0.0255. The third kappa shape index (κ3) is 3.79. The molecule has 0 aliphatic carbocycles. The molecular weight excluding hydrogens is 164 g/mol. The van der Waals surface area contributed by atoms with Crippen LogP contribution in [0.4, 0.5) is 0 Å². The highest BCUT2D eigenvalue weighted by atomic mass is 15.0. The zero-order valence-electron chi connectivity index (χ0n) is 7.84. The van der Waals surface area contributed by atoms with E-state index in [2.05, 4.69) is 5.32 Å². The number of nitrogens with one attached hydrogen (secondary N) is 1. The number of nitriles is 3. The molecule has 0 aromatic carbocycles. The van der Waals surface area contributed by atoms with Crippen LogP contribution in [-0.2, 0) is 0 Å². The minimum atomic E-state index is -0.329. The summed E-state index contributed by atoms with van der Waals surface area (Å²) in [6.07, 6.45) is 0. The molecule has 0 atom stereocenters. The van der Waals surface area contributed by atoms with E-state index >= 15 is 0 Å². The summed E-state index contributed by atoms with van der Waals surface area (Å²) in [6.45, 7) is 5.53. The zero-order valence-corrected chi connectivity index (χ0v) is 7.84. The van der Waals surface area contributed by atoms with Crippen LogP contribution in [0.15, 0.2) is 11.3 Å². The summed E-state index contributed by atoms with van der Waals surface area (Å²) in [4.78, 5) is 0. The Morgan fingerprint density at radius 3 is 1.69 bits per heavy atom. The van der Waals surface area contributed by atoms with Crippen LogP contribution in [0, 0.1) is 34.0 Å². The van der Waals surface area contributed by atoms with E-state index in [0.717, 1.165) is 0 Å². The Morgan fingerprint density at radius 1 is 1.00 bits per heavy atom. The molecule has 0 heterocycles. The highest BCUT2D eigenvalue weighted by Crippen LogP contribution is 2.06. The van der Waals surface area contributed by atoms with Crippen molar-refractivity contribution in [2.75, 3.05) is 0 Å². The van der Waals surface area contributed by atoms with Crippen molar-refractivity contribution in [3.05, 3.63) is 11.3 Å². The van der Waals surface area contributed by atoms with Gasteiger partial charge in [0.1, 0.15) is 23.9 Å². The summed E-state index contributed by atoms with van der Waals surface area (Å²) in [5, 5.41) is 28.4. The average Bonchev–Trinajstić information content (AvgIpc) is 2.02. The van der Waals surface area contributed by atoms with Crippen LogP contribution in [0.1, 0.15) is 20.8 Å². The maximum absolute atomic E-state index is 8.65. The lowest BCUT2D eigenvalue weighted by molar-refractivity contribution is 0.480. The van der Waals surface area contributed by atoms with Crippen molar-refractivity contribution in [1.82, 2.24) is 5.32 Å². The Bertz CT molecular complexity index is 322. The summed E-state index contributed by atoms with van der Waals surface area (Å²) in [6, 6.07) is 5.10. The van der Waals surface area contributed by atoms with Gasteiger partial charge in [-0.3, -0.25) is 0 Å². The highest BCUT2D eigenvalue weighted by Gasteiger charge is 2.14. The van der Waals surface area contributed by atoms with Crippen molar-refractivity contribution in [2.24, 2.45) is 0 Å². The van der Waals surface area contributed by atoms with Gasteiger partial charge in [0, 0.05) is 5.54 Å². The van der Waals surface area contributed by atoms with E-state index in [1.807, 2.05) is 20.8 Å². The van der Waals surface area contributed by atoms with Crippen molar-refractivity contribution in [3.63, 3.8) is 0 Å². The fourth-order valence-corrected chi connectivity index (χ4v) is 0.658. The SMILES string of the molecule is CC(C)(C)NC(C#N)=C(C#N)C#N. The smallest absolute Gasteiger partial charge is 0.163 e. The second kappa shape index (κ2) is 4.14. The number of hydrogen-bond donors (Lipinski definition) is 1. The lowest BCUT2D eigenvalue weighted by atomic mass is 10.1. The van der Waals surface area contributed by atoms with Gasteiger partial charge < -0.3 is 5.32 Å². The van der Waals surface area contributed by atoms with E-state index in [4.69, 9.17) is 15.8 Å². The molecule has 0 aromatic heterocycles. The van der Waals surface area contributed by atoms with Crippen LogP contribution in [0.25, 0.3) is 0 Å². The topological polar surface area (TPSA) is 83.4 Å². The molecule has 1 N–H and O–H groups in total. The van der Waals surface area contributed by atoms with Crippen LogP contribution in [0.2, 0.25) is 0 Å². The van der Waals surface area contributed by atoms with E-state index in [1.165, 1.54) is 0 Å². The Balaban J connectivity index is 4.99. The quantitative estimate of drug-likeness (QED) is 0.605. The van der Waals surface area contributed by atoms with Crippen LogP contribution >= 0.6 is 0 Å². The first-order valence-corrected chi connectivity index (χ1v) is 3.67. The molecule has 13 heavy (non-hydrogen) atoms. The third-order valence-corrected chi connectivity index (χ3v) is 1.09. The van der Waals surface area contributed by atoms with Gasteiger partial charge in [0.15, 0.2) is 5.57 Å². The fraction of sp³-hybridized carbons (Fsp3) is 0.444. The zero-order chi connectivity index (χ0) is 10.5. The first kappa shape index (κ1) is 11.0. The maximum atomic E-state index is 8.65. The van der Waals surface area contributed by atoms with Gasteiger partial charge in [0.05, 0.1) is 0 Å². The van der Waals surface area contributed by atoms with Gasteiger partial charge in [-0.1, -0.05) is 0 Å². The fourth-order valence-electron chi connectivity index (χ4n) is 0.658. The lowest BCUT2D eigenvalue weighted by Crippen LogP contribution is -2.35. The van der Waals surface area contributed by atoms with Crippen molar-refractivity contribution in [3.8, 4) is 18.2 Å². The van der Waals surface area contributed by atoms with E-state index < -0.39 is 0 Å². The molecule has 0 saturated heterocycles. The molecule has 0 saturated carbocycles. The summed E-state index contributed by atoms with van der Waals surface area (Å²) >= 11 is 0. The molecule has 0 radical (unpaired) electrons. The Labute approximate surface area is 77.7 Å². The lowest BCUT2D eigenvalue weighted by Gasteiger charge is -2.20. The molecule has 0 spiro atoms. The Kier molecular flexibility index (Phi) is 3.51. The molecule has 66 valence electrons. The van der Waals surface area contributed by atoms with Crippen molar-refractivity contribution in [1.29, 1.82) is 15.8 Å². The van der Waals surface area contributed by atoms with Gasteiger partial charge in [0.2, 0.25) is 0 Å². The van der Waals surface area contributed by atoms with E-state index in [0.29, 0.717) is 0 Å². The van der Waals surface area contributed by atoms with Crippen LogP contribution in [-0.4, -0.2) is 5.54 Å². The maximum Gasteiger partial charge on any atom is 0.163 e. The number of rotatable bonds is 1. The normalized spacial score (nSPS) is 8.92. The molecule has 0 aliphatic heterocycles. The molecule has 0 rings (SSSR count). The molecule has 4 heteroatoms. The van der Waals surface area contributed by atoms with Crippen LogP contribution in [0.5, 0.6) is 0 Å². The summed E-state index contributed by atoms with van der Waals surface area (Å²) in [7, 11) is 0. The van der Waals surface area contributed by atoms with Gasteiger partial charge in [-0.2, -0.15) is 15.8 Å². The predicted molar refractivity (Wildman–Crippen MR) is 46.8 cm³/mol. The van der Waals surface area contributed by atoms with Gasteiger partial charge >= 0.3 is 0 Å². The highest BCUT2D eigenvalue weighted by molar-refractivity contribution is 5.45. The average molecular weight is 174 g/mol. The van der Waals surface area contributed by atoms with E-state index in [1.54, 1.807) is 18.2 Å². The second-order valence-electron chi connectivity index (χ2n) is 3.46. The minimum Gasteiger partial charge on any atom is -0.370 e. The van der Waals surface area contributed by atoms with Crippen molar-refractivity contribution >= 4 is 0 Å². The Hall–Kier alpha value is -1.99. The monoisotopic (exact) mass is 174 g/mol. The molecule has 0 bridgehead atoms. The van der Waals surface area contributed by atoms with Gasteiger partial charge in [-0.15, -0.1) is 0 Å². The first-order valence-electron chi connectivity index (χ1n) is 3.67. The summed E-state index contributed by atoms with van der Waals surface area (Å²) in [5.41, 5.74) is -0.487. The van der Waals surface area contributed by atoms with E-state index in [9.17, 15) is 0 Å². The standard InChI is InChI=1S/C9H10N4/c1-9(2,3)13-8(6-12)7(4-10)5-11/h13H,1-3H3. The second-order valence-corrected chi connectivity index (χ2v) is 3.46. The molecule has 0 fully saturated rings. The van der Waals surface area contributed by atoms with Gasteiger partial charge in [-0.25, -0.2) is 0 Å². The Morgan fingerprint density at radius 2 is 1.46 bits per heavy atom. The molecule has 0 unspecified atom stereocenters. The van der Waals surface area contributed by atoms with Crippen molar-refractivity contribution < 1.29 is 0 Å². The molecule has 0 aliphatic rings. The van der Waals surface area contributed by atoms with Gasteiger partial charge in [0.25, 0.3) is 0 Å². The number of allylic oxidation sites excluding steroid dienone is 2. The predicted octanol–water partition coefficient (Wildman–Crippen LogP) is 1.20.